The van der Waals surface area contributed by atoms with E-state index in [1.54, 1.807) is 6.08 Å². The van der Waals surface area contributed by atoms with Crippen LogP contribution in [0.1, 0.15) is 58.9 Å². The molecule has 0 spiro atoms. The molecule has 0 bridgehead atoms. The van der Waals surface area contributed by atoms with Gasteiger partial charge in [0, 0.05) is 26.7 Å². The summed E-state index contributed by atoms with van der Waals surface area (Å²) in [5.74, 6) is -0.715. The summed E-state index contributed by atoms with van der Waals surface area (Å²) in [5.41, 5.74) is -0.833. The minimum atomic E-state index is -0.669. The number of carbonyl (C=O) groups is 1. The maximum absolute atomic E-state index is 14.4. The SMILES string of the molecule is C/N=N\C(=C/C(C)C1CC[C@](C)(C(=O)N2CCC(CCO)C2)C1(C)C)c1c(F)cccc1F. The summed E-state index contributed by atoms with van der Waals surface area (Å²) in [4.78, 5) is 15.6. The van der Waals surface area contributed by atoms with E-state index in [-0.39, 0.29) is 41.0 Å². The molecule has 5 nitrogen and oxygen atoms in total. The van der Waals surface area contributed by atoms with E-state index in [9.17, 15) is 18.7 Å². The van der Waals surface area contributed by atoms with Gasteiger partial charge in [-0.05, 0) is 61.0 Å². The number of likely N-dealkylation sites (tertiary alicyclic amines) is 1. The van der Waals surface area contributed by atoms with Crippen LogP contribution < -0.4 is 0 Å². The topological polar surface area (TPSA) is 65.3 Å². The minimum absolute atomic E-state index is 0.0603. The highest BCUT2D eigenvalue weighted by Crippen LogP contribution is 2.59. The molecule has 1 aromatic rings. The van der Waals surface area contributed by atoms with Crippen molar-refractivity contribution in [3.05, 3.63) is 41.5 Å². The van der Waals surface area contributed by atoms with Crippen LogP contribution in [-0.2, 0) is 4.79 Å². The molecule has 1 amide bonds. The molecule has 1 aliphatic carbocycles. The molecular formula is C26H37F2N3O2. The normalized spacial score (nSPS) is 28.6. The van der Waals surface area contributed by atoms with Gasteiger partial charge in [-0.25, -0.2) is 8.78 Å². The Morgan fingerprint density at radius 3 is 2.55 bits per heavy atom. The molecule has 1 N–H and O–H groups in total. The van der Waals surface area contributed by atoms with Gasteiger partial charge in [0.15, 0.2) is 0 Å². The quantitative estimate of drug-likeness (QED) is 0.530. The number of azo groups is 1. The summed E-state index contributed by atoms with van der Waals surface area (Å²) >= 11 is 0. The van der Waals surface area contributed by atoms with Gasteiger partial charge in [-0.1, -0.05) is 39.8 Å². The Balaban J connectivity index is 1.86. The Morgan fingerprint density at radius 2 is 1.94 bits per heavy atom. The van der Waals surface area contributed by atoms with E-state index in [0.717, 1.165) is 32.2 Å². The lowest BCUT2D eigenvalue weighted by atomic mass is 9.62. The highest BCUT2D eigenvalue weighted by atomic mass is 19.1. The van der Waals surface area contributed by atoms with E-state index in [1.165, 1.54) is 25.2 Å². The fourth-order valence-corrected chi connectivity index (χ4v) is 6.01. The monoisotopic (exact) mass is 461 g/mol. The molecule has 182 valence electrons. The molecule has 7 heteroatoms. The van der Waals surface area contributed by atoms with Gasteiger partial charge in [-0.3, -0.25) is 4.79 Å². The van der Waals surface area contributed by atoms with Crippen LogP contribution in [0.25, 0.3) is 5.70 Å². The molecule has 1 saturated heterocycles. The predicted octanol–water partition coefficient (Wildman–Crippen LogP) is 5.70. The molecule has 3 rings (SSSR count). The van der Waals surface area contributed by atoms with Gasteiger partial charge in [0.25, 0.3) is 0 Å². The van der Waals surface area contributed by atoms with Crippen molar-refractivity contribution in [2.75, 3.05) is 26.7 Å². The molecule has 3 unspecified atom stereocenters. The van der Waals surface area contributed by atoms with Crippen LogP contribution in [0.15, 0.2) is 34.5 Å². The van der Waals surface area contributed by atoms with Gasteiger partial charge in [-0.2, -0.15) is 10.2 Å². The van der Waals surface area contributed by atoms with Crippen LogP contribution in [0.2, 0.25) is 0 Å². The van der Waals surface area contributed by atoms with Crippen LogP contribution in [-0.4, -0.2) is 42.7 Å². The second kappa shape index (κ2) is 10.00. The van der Waals surface area contributed by atoms with Crippen molar-refractivity contribution in [2.24, 2.45) is 38.8 Å². The van der Waals surface area contributed by atoms with Crippen LogP contribution in [0.5, 0.6) is 0 Å². The number of hydrogen-bond acceptors (Lipinski definition) is 4. The minimum Gasteiger partial charge on any atom is -0.396 e. The van der Waals surface area contributed by atoms with Crippen molar-refractivity contribution in [1.29, 1.82) is 0 Å². The Bertz CT molecular complexity index is 910. The Morgan fingerprint density at radius 1 is 1.27 bits per heavy atom. The van der Waals surface area contributed by atoms with Crippen LogP contribution in [0.4, 0.5) is 8.78 Å². The van der Waals surface area contributed by atoms with E-state index >= 15 is 0 Å². The first-order valence-electron chi connectivity index (χ1n) is 11.9. The van der Waals surface area contributed by atoms with Gasteiger partial charge < -0.3 is 10.0 Å². The molecule has 1 aliphatic heterocycles. The number of halogens is 2. The first kappa shape index (κ1) is 25.5. The fourth-order valence-electron chi connectivity index (χ4n) is 6.01. The maximum atomic E-state index is 14.4. The van der Waals surface area contributed by atoms with E-state index in [1.807, 2.05) is 11.8 Å². The van der Waals surface area contributed by atoms with E-state index < -0.39 is 17.0 Å². The lowest BCUT2D eigenvalue weighted by molar-refractivity contribution is -0.146. The molecule has 2 aliphatic rings. The third-order valence-electron chi connectivity index (χ3n) is 8.37. The summed E-state index contributed by atoms with van der Waals surface area (Å²) in [6, 6.07) is 3.77. The molecule has 1 saturated carbocycles. The number of rotatable bonds is 7. The average molecular weight is 462 g/mol. The van der Waals surface area contributed by atoms with E-state index in [0.29, 0.717) is 12.5 Å². The zero-order chi connectivity index (χ0) is 24.4. The number of amides is 1. The lowest BCUT2D eigenvalue weighted by Gasteiger charge is -2.44. The highest BCUT2D eigenvalue weighted by molar-refractivity contribution is 5.84. The maximum Gasteiger partial charge on any atom is 0.229 e. The summed E-state index contributed by atoms with van der Waals surface area (Å²) in [6.07, 6.45) is 5.07. The summed E-state index contributed by atoms with van der Waals surface area (Å²) in [6.45, 7) is 9.97. The lowest BCUT2D eigenvalue weighted by Crippen LogP contribution is -2.48. The van der Waals surface area contributed by atoms with Crippen molar-refractivity contribution in [3.8, 4) is 0 Å². The van der Waals surface area contributed by atoms with Crippen molar-refractivity contribution in [3.63, 3.8) is 0 Å². The van der Waals surface area contributed by atoms with Crippen LogP contribution in [0, 0.1) is 40.2 Å². The van der Waals surface area contributed by atoms with Crippen LogP contribution in [0.3, 0.4) is 0 Å². The molecular weight excluding hydrogens is 424 g/mol. The highest BCUT2D eigenvalue weighted by Gasteiger charge is 2.58. The molecule has 0 radical (unpaired) electrons. The second-order valence-corrected chi connectivity index (χ2v) is 10.4. The third-order valence-corrected chi connectivity index (χ3v) is 8.37. The average Bonchev–Trinajstić information content (AvgIpc) is 3.30. The molecule has 4 atom stereocenters. The first-order valence-corrected chi connectivity index (χ1v) is 11.9. The van der Waals surface area contributed by atoms with Gasteiger partial charge in [0.05, 0.1) is 16.7 Å². The number of hydrogen-bond donors (Lipinski definition) is 1. The molecule has 33 heavy (non-hydrogen) atoms. The fraction of sp³-hybridized carbons (Fsp3) is 0.654. The van der Waals surface area contributed by atoms with Gasteiger partial charge >= 0.3 is 0 Å². The van der Waals surface area contributed by atoms with E-state index in [4.69, 9.17) is 0 Å². The standard InChI is InChI=1S/C26H37F2N3O2/c1-17(15-22(30-29-5)23-20(27)7-6-8-21(23)28)19-9-12-26(4,25(19,2)3)24(33)31-13-10-18(16-31)11-14-32/h6-8,15,17-19,32H,9-14,16H2,1-5H3/b22-15-,30-29-/t17?,18?,19?,26-/m1/s1. The number of benzene rings is 1. The summed E-state index contributed by atoms with van der Waals surface area (Å²) in [5, 5.41) is 17.1. The van der Waals surface area contributed by atoms with Crippen LogP contribution >= 0.6 is 0 Å². The number of allylic oxidation sites excluding steroid dienone is 1. The predicted molar refractivity (Wildman–Crippen MR) is 125 cm³/mol. The van der Waals surface area contributed by atoms with Crippen molar-refractivity contribution >= 4 is 11.6 Å². The van der Waals surface area contributed by atoms with Gasteiger partial charge in [0.1, 0.15) is 11.6 Å². The number of aliphatic hydroxyl groups is 1. The molecule has 0 aromatic heterocycles. The number of aliphatic hydroxyl groups excluding tert-OH is 1. The number of nitrogens with zero attached hydrogens (tertiary/aromatic N) is 3. The van der Waals surface area contributed by atoms with Crippen molar-refractivity contribution in [2.45, 2.75) is 53.4 Å². The Labute approximate surface area is 196 Å². The largest absolute Gasteiger partial charge is 0.396 e. The van der Waals surface area contributed by atoms with Gasteiger partial charge in [0.2, 0.25) is 5.91 Å². The number of carbonyl (C=O) groups excluding carboxylic acids is 1. The Hall–Kier alpha value is -2.15. The molecule has 1 aromatic carbocycles. The summed E-state index contributed by atoms with van der Waals surface area (Å²) < 4.78 is 28.9. The summed E-state index contributed by atoms with van der Waals surface area (Å²) in [7, 11) is 1.48. The van der Waals surface area contributed by atoms with Crippen molar-refractivity contribution in [1.82, 2.24) is 4.90 Å². The van der Waals surface area contributed by atoms with Crippen molar-refractivity contribution < 1.29 is 18.7 Å². The first-order chi connectivity index (χ1) is 15.6. The zero-order valence-electron chi connectivity index (χ0n) is 20.4. The molecule has 1 heterocycles. The van der Waals surface area contributed by atoms with Gasteiger partial charge in [-0.15, -0.1) is 0 Å². The zero-order valence-corrected chi connectivity index (χ0v) is 20.4. The smallest absolute Gasteiger partial charge is 0.229 e. The Kier molecular flexibility index (Phi) is 7.72. The van der Waals surface area contributed by atoms with E-state index in [2.05, 4.69) is 31.0 Å². The third kappa shape index (κ3) is 4.75. The molecule has 2 fully saturated rings. The second-order valence-electron chi connectivity index (χ2n) is 10.4.